The minimum Gasteiger partial charge on any atom is -0.391 e. The number of hydrogen-bond donors (Lipinski definition) is 1. The predicted octanol–water partition coefficient (Wildman–Crippen LogP) is 1.93. The van der Waals surface area contributed by atoms with Crippen LogP contribution in [0.5, 0.6) is 0 Å². The molecule has 0 saturated carbocycles. The normalized spacial score (nSPS) is 11.8. The third-order valence-electron chi connectivity index (χ3n) is 1.21. The van der Waals surface area contributed by atoms with E-state index < -0.39 is 0 Å². The smallest absolute Gasteiger partial charge is 0.0130 e. The van der Waals surface area contributed by atoms with Crippen molar-refractivity contribution in [3.63, 3.8) is 0 Å². The second-order valence-corrected chi connectivity index (χ2v) is 2.26. The fourth-order valence-electron chi connectivity index (χ4n) is 0.691. The zero-order chi connectivity index (χ0) is 7.28. The molecule has 0 amide bonds. The van der Waals surface area contributed by atoms with Crippen LogP contribution in [0.15, 0.2) is 24.4 Å². The lowest BCUT2D eigenvalue weighted by Gasteiger charge is -2.08. The summed E-state index contributed by atoms with van der Waals surface area (Å²) < 4.78 is 0. The van der Waals surface area contributed by atoms with Crippen LogP contribution in [-0.2, 0) is 0 Å². The highest BCUT2D eigenvalue weighted by atomic mass is 14.8. The van der Waals surface area contributed by atoms with Gasteiger partial charge in [0, 0.05) is 12.7 Å². The number of rotatable bonds is 3. The van der Waals surface area contributed by atoms with Gasteiger partial charge < -0.3 is 5.32 Å². The largest absolute Gasteiger partial charge is 0.391 e. The van der Waals surface area contributed by atoms with Gasteiger partial charge in [0.05, 0.1) is 0 Å². The molecule has 0 unspecified atom stereocenters. The van der Waals surface area contributed by atoms with Gasteiger partial charge in [0.1, 0.15) is 0 Å². The molecule has 1 nitrogen and oxygen atoms in total. The van der Waals surface area contributed by atoms with Gasteiger partial charge in [-0.2, -0.15) is 0 Å². The van der Waals surface area contributed by atoms with Gasteiger partial charge in [-0.1, -0.05) is 26.5 Å². The molecule has 0 aromatic rings. The molecule has 0 aromatic carbocycles. The van der Waals surface area contributed by atoms with E-state index in [1.165, 1.54) is 5.70 Å². The first-order valence-corrected chi connectivity index (χ1v) is 3.22. The van der Waals surface area contributed by atoms with E-state index >= 15 is 0 Å². The molecule has 9 heavy (non-hydrogen) atoms. The summed E-state index contributed by atoms with van der Waals surface area (Å²) in [7, 11) is 1.93. The predicted molar refractivity (Wildman–Crippen MR) is 42.2 cm³/mol. The highest BCUT2D eigenvalue weighted by molar-refractivity contribution is 5.09. The van der Waals surface area contributed by atoms with Crippen molar-refractivity contribution in [1.29, 1.82) is 0 Å². The maximum absolute atomic E-state index is 3.61. The standard InChI is InChI=1S/C8H15N/c1-5-6-8(9-4)7(2)3/h5-7,9H,1H2,2-4H3/b8-6-. The fourth-order valence-corrected chi connectivity index (χ4v) is 0.691. The molecule has 0 aliphatic heterocycles. The Hall–Kier alpha value is -0.720. The molecule has 1 heteroatoms. The molecule has 52 valence electrons. The van der Waals surface area contributed by atoms with Crippen molar-refractivity contribution < 1.29 is 0 Å². The van der Waals surface area contributed by atoms with Gasteiger partial charge in [0.15, 0.2) is 0 Å². The summed E-state index contributed by atoms with van der Waals surface area (Å²) in [5.41, 5.74) is 1.23. The van der Waals surface area contributed by atoms with E-state index in [-0.39, 0.29) is 0 Å². The number of allylic oxidation sites excluding steroid dienone is 3. The molecule has 0 aromatic heterocycles. The van der Waals surface area contributed by atoms with Crippen LogP contribution in [0.2, 0.25) is 0 Å². The van der Waals surface area contributed by atoms with Crippen molar-refractivity contribution in [2.45, 2.75) is 13.8 Å². The van der Waals surface area contributed by atoms with Crippen LogP contribution < -0.4 is 5.32 Å². The second kappa shape index (κ2) is 4.19. The van der Waals surface area contributed by atoms with Gasteiger partial charge in [-0.05, 0) is 12.0 Å². The topological polar surface area (TPSA) is 12.0 Å². The van der Waals surface area contributed by atoms with E-state index in [0.29, 0.717) is 5.92 Å². The van der Waals surface area contributed by atoms with Gasteiger partial charge >= 0.3 is 0 Å². The molecular weight excluding hydrogens is 110 g/mol. The van der Waals surface area contributed by atoms with Gasteiger partial charge in [-0.25, -0.2) is 0 Å². The third kappa shape index (κ3) is 2.96. The van der Waals surface area contributed by atoms with Crippen molar-refractivity contribution >= 4 is 0 Å². The molecule has 0 aliphatic rings. The molecule has 0 aliphatic carbocycles. The van der Waals surface area contributed by atoms with Gasteiger partial charge in [0.2, 0.25) is 0 Å². The van der Waals surface area contributed by atoms with Crippen LogP contribution in [-0.4, -0.2) is 7.05 Å². The highest BCUT2D eigenvalue weighted by Gasteiger charge is 1.95. The molecule has 0 fully saturated rings. The lowest BCUT2D eigenvalue weighted by molar-refractivity contribution is 0.699. The van der Waals surface area contributed by atoms with E-state index in [9.17, 15) is 0 Å². The Labute approximate surface area is 57.5 Å². The first kappa shape index (κ1) is 8.28. The fraction of sp³-hybridized carbons (Fsp3) is 0.500. The number of nitrogens with one attached hydrogen (secondary N) is 1. The minimum atomic E-state index is 0.563. The molecular formula is C8H15N. The minimum absolute atomic E-state index is 0.563. The van der Waals surface area contributed by atoms with Crippen molar-refractivity contribution in [2.24, 2.45) is 5.92 Å². The summed E-state index contributed by atoms with van der Waals surface area (Å²) in [6.45, 7) is 7.90. The summed E-state index contributed by atoms with van der Waals surface area (Å²) in [6, 6.07) is 0. The van der Waals surface area contributed by atoms with Crippen LogP contribution in [0.25, 0.3) is 0 Å². The van der Waals surface area contributed by atoms with Crippen LogP contribution in [0.3, 0.4) is 0 Å². The van der Waals surface area contributed by atoms with Gasteiger partial charge in [-0.3, -0.25) is 0 Å². The van der Waals surface area contributed by atoms with Crippen molar-refractivity contribution in [2.75, 3.05) is 7.05 Å². The van der Waals surface area contributed by atoms with Crippen LogP contribution in [0, 0.1) is 5.92 Å². The van der Waals surface area contributed by atoms with E-state index in [4.69, 9.17) is 0 Å². The summed E-state index contributed by atoms with van der Waals surface area (Å²) in [4.78, 5) is 0. The SMILES string of the molecule is C=C/C=C(\NC)C(C)C. The van der Waals surface area contributed by atoms with Gasteiger partial charge in [-0.15, -0.1) is 0 Å². The lowest BCUT2D eigenvalue weighted by Crippen LogP contribution is -2.10. The molecule has 0 bridgehead atoms. The van der Waals surface area contributed by atoms with Crippen LogP contribution in [0.4, 0.5) is 0 Å². The van der Waals surface area contributed by atoms with Gasteiger partial charge in [0.25, 0.3) is 0 Å². The molecule has 0 radical (unpaired) electrons. The molecule has 0 saturated heterocycles. The zero-order valence-electron chi connectivity index (χ0n) is 6.44. The average molecular weight is 125 g/mol. The maximum Gasteiger partial charge on any atom is 0.0130 e. The second-order valence-electron chi connectivity index (χ2n) is 2.26. The molecule has 0 rings (SSSR count). The first-order valence-electron chi connectivity index (χ1n) is 3.22. The molecule has 0 heterocycles. The Morgan fingerprint density at radius 3 is 2.22 bits per heavy atom. The van der Waals surface area contributed by atoms with Crippen molar-refractivity contribution in [1.82, 2.24) is 5.32 Å². The zero-order valence-corrected chi connectivity index (χ0v) is 6.44. The Kier molecular flexibility index (Phi) is 3.85. The summed E-state index contributed by atoms with van der Waals surface area (Å²) in [5, 5.41) is 3.09. The molecule has 0 atom stereocenters. The van der Waals surface area contributed by atoms with E-state index in [2.05, 4.69) is 25.7 Å². The molecule has 1 N–H and O–H groups in total. The molecule has 0 spiro atoms. The quantitative estimate of drug-likeness (QED) is 0.568. The van der Waals surface area contributed by atoms with E-state index in [1.807, 2.05) is 13.1 Å². The Balaban J connectivity index is 3.96. The lowest BCUT2D eigenvalue weighted by atomic mass is 10.1. The summed E-state index contributed by atoms with van der Waals surface area (Å²) in [6.07, 6.45) is 3.79. The van der Waals surface area contributed by atoms with E-state index in [1.54, 1.807) is 6.08 Å². The summed E-state index contributed by atoms with van der Waals surface area (Å²) in [5.74, 6) is 0.563. The van der Waals surface area contributed by atoms with Crippen molar-refractivity contribution in [3.8, 4) is 0 Å². The Morgan fingerprint density at radius 2 is 2.11 bits per heavy atom. The first-order chi connectivity index (χ1) is 4.22. The Bertz CT molecular complexity index is 112. The van der Waals surface area contributed by atoms with Crippen LogP contribution >= 0.6 is 0 Å². The monoisotopic (exact) mass is 125 g/mol. The van der Waals surface area contributed by atoms with Crippen molar-refractivity contribution in [3.05, 3.63) is 24.4 Å². The highest BCUT2D eigenvalue weighted by Crippen LogP contribution is 2.03. The average Bonchev–Trinajstić information content (AvgIpc) is 1.82. The van der Waals surface area contributed by atoms with E-state index in [0.717, 1.165) is 0 Å². The maximum atomic E-state index is 3.61. The third-order valence-corrected chi connectivity index (χ3v) is 1.21. The Morgan fingerprint density at radius 1 is 1.56 bits per heavy atom. The summed E-state index contributed by atoms with van der Waals surface area (Å²) >= 11 is 0. The van der Waals surface area contributed by atoms with Crippen LogP contribution in [0.1, 0.15) is 13.8 Å². The number of hydrogen-bond acceptors (Lipinski definition) is 1.